The van der Waals surface area contributed by atoms with Gasteiger partial charge in [-0.25, -0.2) is 4.79 Å². The zero-order valence-electron chi connectivity index (χ0n) is 16.5. The molecule has 0 bridgehead atoms. The number of aliphatic hydroxyl groups excluding tert-OH is 1. The lowest BCUT2D eigenvalue weighted by Gasteiger charge is -2.13. The number of aryl methyl sites for hydroxylation is 1. The Kier molecular flexibility index (Phi) is 6.20. The molecule has 3 rings (SSSR count). The van der Waals surface area contributed by atoms with Crippen molar-refractivity contribution in [3.8, 4) is 5.69 Å². The Labute approximate surface area is 174 Å². The predicted octanol–water partition coefficient (Wildman–Crippen LogP) is 4.67. The number of Topliss-reactive ketones (excluding diaryl/α,β-unsaturated/α-hetero) is 1. The van der Waals surface area contributed by atoms with Crippen molar-refractivity contribution in [2.75, 3.05) is 0 Å². The van der Waals surface area contributed by atoms with Gasteiger partial charge in [0.25, 0.3) is 0 Å². The van der Waals surface area contributed by atoms with Crippen LogP contribution in [0.5, 0.6) is 0 Å². The van der Waals surface area contributed by atoms with Crippen LogP contribution < -0.4 is 0 Å². The molecular weight excluding hydrogens is 390 g/mol. The molecule has 0 aliphatic carbocycles. The Morgan fingerprint density at radius 1 is 1.07 bits per heavy atom. The van der Waals surface area contributed by atoms with Crippen LogP contribution in [0.1, 0.15) is 44.6 Å². The monoisotopic (exact) mass is 411 g/mol. The lowest BCUT2D eigenvalue weighted by atomic mass is 10.1. The normalized spacial score (nSPS) is 11.9. The number of nitrogens with zero attached hydrogens (tertiary/aromatic N) is 1. The molecule has 1 atom stereocenters. The van der Waals surface area contributed by atoms with E-state index < -0.39 is 12.1 Å². The van der Waals surface area contributed by atoms with E-state index in [1.54, 1.807) is 49.4 Å². The number of ketones is 1. The minimum atomic E-state index is -0.931. The first kappa shape index (κ1) is 20.8. The van der Waals surface area contributed by atoms with E-state index in [4.69, 9.17) is 21.4 Å². The van der Waals surface area contributed by atoms with Crippen molar-refractivity contribution in [3.05, 3.63) is 87.7 Å². The average Bonchev–Trinajstić information content (AvgIpc) is 3.02. The van der Waals surface area contributed by atoms with Crippen molar-refractivity contribution >= 4 is 23.4 Å². The molecule has 1 heterocycles. The molecule has 0 aliphatic heterocycles. The fourth-order valence-corrected chi connectivity index (χ4v) is 3.37. The fourth-order valence-electron chi connectivity index (χ4n) is 3.25. The Morgan fingerprint density at radius 3 is 2.28 bits per heavy atom. The summed E-state index contributed by atoms with van der Waals surface area (Å²) < 4.78 is 7.34. The number of hydrogen-bond donors (Lipinski definition) is 1. The maximum atomic E-state index is 12.9. The highest BCUT2D eigenvalue weighted by atomic mass is 35.5. The maximum Gasteiger partial charge on any atom is 0.338 e. The number of esters is 1. The second-order valence-corrected chi connectivity index (χ2v) is 7.30. The molecule has 0 saturated carbocycles. The second kappa shape index (κ2) is 8.64. The van der Waals surface area contributed by atoms with Gasteiger partial charge < -0.3 is 14.4 Å². The molecule has 6 heteroatoms. The summed E-state index contributed by atoms with van der Waals surface area (Å²) in [5, 5.41) is 9.73. The molecule has 29 heavy (non-hydrogen) atoms. The summed E-state index contributed by atoms with van der Waals surface area (Å²) in [6.45, 7) is 5.24. The Balaban J connectivity index is 1.79. The van der Waals surface area contributed by atoms with Crippen molar-refractivity contribution in [1.29, 1.82) is 0 Å². The third-order valence-corrected chi connectivity index (χ3v) is 5.06. The van der Waals surface area contributed by atoms with Crippen LogP contribution in [-0.2, 0) is 11.3 Å². The van der Waals surface area contributed by atoms with Crippen LogP contribution in [-0.4, -0.2) is 27.5 Å². The van der Waals surface area contributed by atoms with Crippen molar-refractivity contribution < 1.29 is 19.4 Å². The van der Waals surface area contributed by atoms with Gasteiger partial charge in [-0.15, -0.1) is 0 Å². The number of halogens is 1. The molecular formula is C23H22ClNO4. The smallest absolute Gasteiger partial charge is 0.338 e. The zero-order chi connectivity index (χ0) is 21.1. The van der Waals surface area contributed by atoms with Gasteiger partial charge in [0.05, 0.1) is 12.2 Å². The number of aliphatic hydroxyl groups is 1. The summed E-state index contributed by atoms with van der Waals surface area (Å²) in [6.07, 6.45) is -0.931. The van der Waals surface area contributed by atoms with E-state index in [-0.39, 0.29) is 12.4 Å². The van der Waals surface area contributed by atoms with Gasteiger partial charge in [-0.05, 0) is 68.8 Å². The van der Waals surface area contributed by atoms with Crippen molar-refractivity contribution in [1.82, 2.24) is 4.57 Å². The Bertz CT molecular complexity index is 1040. The number of benzene rings is 2. The number of rotatable bonds is 6. The molecule has 0 radical (unpaired) electrons. The van der Waals surface area contributed by atoms with Crippen molar-refractivity contribution in [2.24, 2.45) is 0 Å². The first-order valence-electron chi connectivity index (χ1n) is 9.21. The molecule has 3 aromatic rings. The van der Waals surface area contributed by atoms with Crippen LogP contribution in [0.25, 0.3) is 5.69 Å². The number of hydrogen-bond acceptors (Lipinski definition) is 4. The highest BCUT2D eigenvalue weighted by molar-refractivity contribution is 6.30. The predicted molar refractivity (Wildman–Crippen MR) is 112 cm³/mol. The third-order valence-electron chi connectivity index (χ3n) is 4.81. The molecule has 1 N–H and O–H groups in total. The summed E-state index contributed by atoms with van der Waals surface area (Å²) in [4.78, 5) is 25.3. The van der Waals surface area contributed by atoms with E-state index in [1.165, 1.54) is 0 Å². The fraction of sp³-hybridized carbons (Fsp3) is 0.217. The van der Waals surface area contributed by atoms with E-state index in [9.17, 15) is 9.59 Å². The minimum absolute atomic E-state index is 0.104. The highest BCUT2D eigenvalue weighted by Gasteiger charge is 2.24. The zero-order valence-corrected chi connectivity index (χ0v) is 17.2. The number of carbonyl (C=O) groups excluding carboxylic acids is 2. The van der Waals surface area contributed by atoms with Crippen LogP contribution >= 0.6 is 11.6 Å². The number of aromatic nitrogens is 1. The Hall–Kier alpha value is -2.89. The molecule has 0 unspecified atom stereocenters. The summed E-state index contributed by atoms with van der Waals surface area (Å²) in [5.74, 6) is -0.847. The summed E-state index contributed by atoms with van der Waals surface area (Å²) in [6, 6.07) is 15.6. The van der Waals surface area contributed by atoms with Crippen LogP contribution in [0, 0.1) is 13.8 Å². The van der Waals surface area contributed by atoms with Gasteiger partial charge in [-0.2, -0.15) is 0 Å². The van der Waals surface area contributed by atoms with E-state index >= 15 is 0 Å². The van der Waals surface area contributed by atoms with E-state index in [1.807, 2.05) is 30.5 Å². The lowest BCUT2D eigenvalue weighted by molar-refractivity contribution is 0.0318. The van der Waals surface area contributed by atoms with E-state index in [0.29, 0.717) is 21.7 Å². The molecule has 150 valence electrons. The molecule has 2 aromatic carbocycles. The molecule has 0 fully saturated rings. The third kappa shape index (κ3) is 4.42. The minimum Gasteiger partial charge on any atom is -0.451 e. The Morgan fingerprint density at radius 2 is 1.69 bits per heavy atom. The molecule has 0 aliphatic rings. The molecule has 0 amide bonds. The van der Waals surface area contributed by atoms with Crippen LogP contribution in [0.2, 0.25) is 5.02 Å². The maximum absolute atomic E-state index is 12.9. The van der Waals surface area contributed by atoms with Gasteiger partial charge in [-0.1, -0.05) is 23.7 Å². The second-order valence-electron chi connectivity index (χ2n) is 6.86. The summed E-state index contributed by atoms with van der Waals surface area (Å²) in [5.41, 5.74) is 4.09. The number of carbonyl (C=O) groups is 2. The lowest BCUT2D eigenvalue weighted by Crippen LogP contribution is -2.25. The first-order valence-corrected chi connectivity index (χ1v) is 9.59. The molecule has 5 nitrogen and oxygen atoms in total. The number of ether oxygens (including phenoxy) is 1. The quantitative estimate of drug-likeness (QED) is 0.472. The van der Waals surface area contributed by atoms with Gasteiger partial charge >= 0.3 is 5.97 Å². The average molecular weight is 412 g/mol. The first-order chi connectivity index (χ1) is 13.8. The van der Waals surface area contributed by atoms with Crippen LogP contribution in [0.4, 0.5) is 0 Å². The molecule has 0 spiro atoms. The van der Waals surface area contributed by atoms with Gasteiger partial charge in [0.2, 0.25) is 5.78 Å². The van der Waals surface area contributed by atoms with Crippen molar-refractivity contribution in [3.63, 3.8) is 0 Å². The van der Waals surface area contributed by atoms with Crippen molar-refractivity contribution in [2.45, 2.75) is 33.5 Å². The van der Waals surface area contributed by atoms with Crippen LogP contribution in [0.15, 0.2) is 54.6 Å². The topological polar surface area (TPSA) is 68.5 Å². The standard InChI is InChI=1S/C23H22ClNO4/c1-14-12-21(15(2)25(14)20-10-8-19(24)9-11-20)22(27)16(3)29-23(28)18-6-4-17(13-26)5-7-18/h4-12,16,26H,13H2,1-3H3/t16-/m0/s1. The van der Waals surface area contributed by atoms with Gasteiger partial charge in [-0.3, -0.25) is 4.79 Å². The van der Waals surface area contributed by atoms with Gasteiger partial charge in [0, 0.05) is 27.7 Å². The van der Waals surface area contributed by atoms with Gasteiger partial charge in [0.15, 0.2) is 6.10 Å². The SMILES string of the molecule is Cc1cc(C(=O)[C@H](C)OC(=O)c2ccc(CO)cc2)c(C)n1-c1ccc(Cl)cc1. The molecule has 0 saturated heterocycles. The molecule has 1 aromatic heterocycles. The van der Waals surface area contributed by atoms with E-state index in [0.717, 1.165) is 17.1 Å². The summed E-state index contributed by atoms with van der Waals surface area (Å²) in [7, 11) is 0. The summed E-state index contributed by atoms with van der Waals surface area (Å²) >= 11 is 5.97. The largest absolute Gasteiger partial charge is 0.451 e. The van der Waals surface area contributed by atoms with Gasteiger partial charge in [0.1, 0.15) is 0 Å². The van der Waals surface area contributed by atoms with Crippen LogP contribution in [0.3, 0.4) is 0 Å². The van der Waals surface area contributed by atoms with E-state index in [2.05, 4.69) is 0 Å². The highest BCUT2D eigenvalue weighted by Crippen LogP contribution is 2.24.